The van der Waals surface area contributed by atoms with E-state index < -0.39 is 5.97 Å². The Hall–Kier alpha value is -2.74. The molecule has 0 atom stereocenters. The number of carbonyl (C=O) groups is 2. The second-order valence-electron chi connectivity index (χ2n) is 6.68. The van der Waals surface area contributed by atoms with Crippen LogP contribution in [0.15, 0.2) is 29.8 Å². The quantitative estimate of drug-likeness (QED) is 0.669. The fourth-order valence-electron chi connectivity index (χ4n) is 2.90. The van der Waals surface area contributed by atoms with Gasteiger partial charge in [-0.2, -0.15) is 5.10 Å². The van der Waals surface area contributed by atoms with E-state index in [0.29, 0.717) is 29.6 Å². The van der Waals surface area contributed by atoms with E-state index in [2.05, 4.69) is 5.10 Å². The number of pyridine rings is 1. The highest BCUT2D eigenvalue weighted by molar-refractivity contribution is 7.13. The molecule has 0 aliphatic carbocycles. The zero-order valence-electron chi connectivity index (χ0n) is 15.5. The molecule has 3 heterocycles. The second-order valence-corrected chi connectivity index (χ2v) is 7.62. The minimum absolute atomic E-state index is 0.0368. The van der Waals surface area contributed by atoms with Crippen molar-refractivity contribution in [1.82, 2.24) is 19.7 Å². The highest BCUT2D eigenvalue weighted by Crippen LogP contribution is 2.29. The summed E-state index contributed by atoms with van der Waals surface area (Å²) >= 11 is 1.57. The summed E-state index contributed by atoms with van der Waals surface area (Å²) in [6.07, 6.45) is 2.13. The van der Waals surface area contributed by atoms with Crippen LogP contribution in [-0.2, 0) is 4.79 Å². The molecule has 0 radical (unpaired) electrons. The topological polar surface area (TPSA) is 88.3 Å². The number of aliphatic carboxylic acids is 1. The Kier molecular flexibility index (Phi) is 5.55. The third kappa shape index (κ3) is 4.00. The molecule has 0 aliphatic heterocycles. The predicted octanol–water partition coefficient (Wildman–Crippen LogP) is 3.68. The van der Waals surface area contributed by atoms with Crippen molar-refractivity contribution in [3.8, 4) is 10.6 Å². The molecule has 0 aliphatic rings. The molecule has 142 valence electrons. The Bertz CT molecular complexity index is 963. The van der Waals surface area contributed by atoms with Gasteiger partial charge in [0.2, 0.25) is 0 Å². The molecule has 8 heteroatoms. The number of carboxylic acids is 1. The molecular formula is C19H22N4O3S. The lowest BCUT2D eigenvalue weighted by Gasteiger charge is -2.18. The van der Waals surface area contributed by atoms with E-state index in [1.807, 2.05) is 36.0 Å². The molecule has 1 N–H and O–H groups in total. The number of fused-ring (bicyclic) bond motifs is 1. The van der Waals surface area contributed by atoms with Crippen LogP contribution in [0.5, 0.6) is 0 Å². The normalized spacial score (nSPS) is 11.3. The Morgan fingerprint density at radius 3 is 2.78 bits per heavy atom. The molecular weight excluding hydrogens is 364 g/mol. The number of carboxylic acid groups (broad SMARTS) is 1. The van der Waals surface area contributed by atoms with E-state index in [4.69, 9.17) is 10.1 Å². The smallest absolute Gasteiger partial charge is 0.303 e. The molecule has 3 aromatic heterocycles. The number of hydrogen-bond acceptors (Lipinski definition) is 5. The van der Waals surface area contributed by atoms with Gasteiger partial charge >= 0.3 is 5.97 Å². The van der Waals surface area contributed by atoms with Crippen molar-refractivity contribution < 1.29 is 14.7 Å². The van der Waals surface area contributed by atoms with Crippen LogP contribution in [0.4, 0.5) is 0 Å². The van der Waals surface area contributed by atoms with Gasteiger partial charge in [0.1, 0.15) is 0 Å². The SMILES string of the molecule is CC(C)n1ncc2c(C(=O)N(C)CCCC(=O)O)cc(-c3cccs3)nc21. The van der Waals surface area contributed by atoms with Crippen LogP contribution in [0.1, 0.15) is 43.1 Å². The molecule has 0 aromatic carbocycles. The van der Waals surface area contributed by atoms with E-state index in [9.17, 15) is 9.59 Å². The summed E-state index contributed by atoms with van der Waals surface area (Å²) in [5.74, 6) is -1.02. The van der Waals surface area contributed by atoms with Crippen LogP contribution in [0.2, 0.25) is 0 Å². The van der Waals surface area contributed by atoms with Crippen molar-refractivity contribution in [1.29, 1.82) is 0 Å². The predicted molar refractivity (Wildman–Crippen MR) is 105 cm³/mol. The molecule has 1 amide bonds. The first-order valence-electron chi connectivity index (χ1n) is 8.78. The molecule has 0 unspecified atom stereocenters. The number of rotatable bonds is 7. The van der Waals surface area contributed by atoms with E-state index >= 15 is 0 Å². The van der Waals surface area contributed by atoms with E-state index in [1.54, 1.807) is 35.5 Å². The van der Waals surface area contributed by atoms with Crippen LogP contribution in [0.3, 0.4) is 0 Å². The molecule has 0 fully saturated rings. The van der Waals surface area contributed by atoms with Crippen molar-refractivity contribution in [3.63, 3.8) is 0 Å². The summed E-state index contributed by atoms with van der Waals surface area (Å²) < 4.78 is 1.81. The third-order valence-corrected chi connectivity index (χ3v) is 5.18. The Labute approximate surface area is 161 Å². The van der Waals surface area contributed by atoms with Crippen LogP contribution in [0.25, 0.3) is 21.6 Å². The minimum atomic E-state index is -0.861. The molecule has 0 saturated heterocycles. The number of carbonyl (C=O) groups excluding carboxylic acids is 1. The lowest BCUT2D eigenvalue weighted by atomic mass is 10.1. The zero-order valence-corrected chi connectivity index (χ0v) is 16.4. The molecule has 7 nitrogen and oxygen atoms in total. The van der Waals surface area contributed by atoms with Gasteiger partial charge in [-0.3, -0.25) is 9.59 Å². The van der Waals surface area contributed by atoms with Gasteiger partial charge in [-0.15, -0.1) is 11.3 Å². The van der Waals surface area contributed by atoms with Crippen LogP contribution < -0.4 is 0 Å². The maximum Gasteiger partial charge on any atom is 0.303 e. The van der Waals surface area contributed by atoms with Gasteiger partial charge in [0, 0.05) is 26.1 Å². The van der Waals surface area contributed by atoms with Gasteiger partial charge in [-0.25, -0.2) is 9.67 Å². The lowest BCUT2D eigenvalue weighted by molar-refractivity contribution is -0.137. The maximum atomic E-state index is 13.1. The van der Waals surface area contributed by atoms with Crippen molar-refractivity contribution >= 4 is 34.2 Å². The van der Waals surface area contributed by atoms with Gasteiger partial charge in [-0.05, 0) is 37.8 Å². The molecule has 27 heavy (non-hydrogen) atoms. The number of thiophene rings is 1. The summed E-state index contributed by atoms with van der Waals surface area (Å²) in [7, 11) is 1.69. The summed E-state index contributed by atoms with van der Waals surface area (Å²) in [6, 6.07) is 5.84. The average Bonchev–Trinajstić information content (AvgIpc) is 3.29. The fraction of sp³-hybridized carbons (Fsp3) is 0.368. The average molecular weight is 386 g/mol. The van der Waals surface area contributed by atoms with Crippen molar-refractivity contribution in [2.24, 2.45) is 0 Å². The van der Waals surface area contributed by atoms with Crippen LogP contribution >= 0.6 is 11.3 Å². The Morgan fingerprint density at radius 1 is 1.37 bits per heavy atom. The molecule has 3 rings (SSSR count). The summed E-state index contributed by atoms with van der Waals surface area (Å²) in [5.41, 5.74) is 1.95. The Balaban J connectivity index is 2.02. The first kappa shape index (κ1) is 19.0. The van der Waals surface area contributed by atoms with E-state index in [1.165, 1.54) is 0 Å². The number of amides is 1. The van der Waals surface area contributed by atoms with E-state index in [0.717, 1.165) is 10.6 Å². The first-order chi connectivity index (χ1) is 12.9. The molecule has 0 bridgehead atoms. The van der Waals surface area contributed by atoms with E-state index in [-0.39, 0.29) is 18.4 Å². The third-order valence-electron chi connectivity index (χ3n) is 4.29. The number of hydrogen-bond donors (Lipinski definition) is 1. The zero-order chi connectivity index (χ0) is 19.6. The molecule has 0 saturated carbocycles. The molecule has 0 spiro atoms. The fourth-order valence-corrected chi connectivity index (χ4v) is 3.58. The Morgan fingerprint density at radius 2 is 2.15 bits per heavy atom. The first-order valence-corrected chi connectivity index (χ1v) is 9.66. The van der Waals surface area contributed by atoms with Gasteiger partial charge in [-0.1, -0.05) is 6.07 Å². The minimum Gasteiger partial charge on any atom is -0.481 e. The monoisotopic (exact) mass is 386 g/mol. The molecule has 3 aromatic rings. The largest absolute Gasteiger partial charge is 0.481 e. The highest BCUT2D eigenvalue weighted by atomic mass is 32.1. The standard InChI is InChI=1S/C19H22N4O3S/c1-12(2)23-18-14(11-20-23)13(10-15(21-18)16-6-5-9-27-16)19(26)22(3)8-4-7-17(24)25/h5-6,9-12H,4,7-8H2,1-3H3,(H,24,25). The van der Waals surface area contributed by atoms with Gasteiger partial charge in [0.25, 0.3) is 5.91 Å². The number of aromatic nitrogens is 3. The van der Waals surface area contributed by atoms with Gasteiger partial charge < -0.3 is 10.0 Å². The van der Waals surface area contributed by atoms with Crippen LogP contribution in [-0.4, -0.2) is 50.2 Å². The number of nitrogens with zero attached hydrogens (tertiary/aromatic N) is 4. The highest BCUT2D eigenvalue weighted by Gasteiger charge is 2.21. The summed E-state index contributed by atoms with van der Waals surface area (Å²) in [4.78, 5) is 31.1. The maximum absolute atomic E-state index is 13.1. The van der Waals surface area contributed by atoms with Crippen molar-refractivity contribution in [3.05, 3.63) is 35.3 Å². The second kappa shape index (κ2) is 7.87. The summed E-state index contributed by atoms with van der Waals surface area (Å²) in [5, 5.41) is 15.9. The van der Waals surface area contributed by atoms with Gasteiger partial charge in [0.15, 0.2) is 5.65 Å². The summed E-state index contributed by atoms with van der Waals surface area (Å²) in [6.45, 7) is 4.42. The van der Waals surface area contributed by atoms with Crippen LogP contribution in [0, 0.1) is 0 Å². The van der Waals surface area contributed by atoms with Crippen molar-refractivity contribution in [2.45, 2.75) is 32.7 Å². The van der Waals surface area contributed by atoms with Gasteiger partial charge in [0.05, 0.1) is 27.7 Å². The van der Waals surface area contributed by atoms with Crippen molar-refractivity contribution in [2.75, 3.05) is 13.6 Å². The lowest BCUT2D eigenvalue weighted by Crippen LogP contribution is -2.28.